The van der Waals surface area contributed by atoms with Crippen LogP contribution in [-0.2, 0) is 11.2 Å². The molecular weight excluding hydrogens is 230 g/mol. The molecule has 0 aliphatic rings. The van der Waals surface area contributed by atoms with Crippen molar-refractivity contribution >= 4 is 11.9 Å². The number of Topliss-reactive ketones (excluding diaryl/α,β-unsaturated/α-hetero) is 1. The summed E-state index contributed by atoms with van der Waals surface area (Å²) in [6.45, 7) is 5.37. The van der Waals surface area contributed by atoms with Gasteiger partial charge in [0, 0.05) is 5.41 Å². The van der Waals surface area contributed by atoms with E-state index >= 15 is 0 Å². The van der Waals surface area contributed by atoms with Crippen LogP contribution >= 0.6 is 0 Å². The Morgan fingerprint density at radius 2 is 1.78 bits per heavy atom. The number of carbonyl (C=O) groups is 2. The lowest BCUT2D eigenvalue weighted by atomic mass is 9.84. The summed E-state index contributed by atoms with van der Waals surface area (Å²) in [7, 11) is 0. The van der Waals surface area contributed by atoms with Crippen LogP contribution in [0, 0.1) is 5.41 Å². The van der Waals surface area contributed by atoms with Crippen molar-refractivity contribution in [3.05, 3.63) is 35.9 Å². The maximum atomic E-state index is 12.2. The predicted octanol–water partition coefficient (Wildman–Crippen LogP) is 2.48. The molecule has 0 bridgehead atoms. The summed E-state index contributed by atoms with van der Waals surface area (Å²) in [5.41, 5.74) is 0.371. The smallest absolute Gasteiger partial charge is 0.405 e. The molecule has 4 heteroatoms. The second kappa shape index (κ2) is 5.67. The number of ketones is 1. The molecular formula is C14H19NO3. The Bertz CT molecular complexity index is 420. The average molecular weight is 249 g/mol. The zero-order valence-corrected chi connectivity index (χ0v) is 10.9. The molecule has 1 unspecified atom stereocenters. The van der Waals surface area contributed by atoms with Crippen LogP contribution in [0.3, 0.4) is 0 Å². The van der Waals surface area contributed by atoms with Gasteiger partial charge in [-0.25, -0.2) is 4.79 Å². The summed E-state index contributed by atoms with van der Waals surface area (Å²) >= 11 is 0. The zero-order valence-electron chi connectivity index (χ0n) is 10.9. The molecule has 0 aliphatic heterocycles. The van der Waals surface area contributed by atoms with E-state index in [0.717, 1.165) is 5.56 Å². The molecule has 0 saturated carbocycles. The van der Waals surface area contributed by atoms with Gasteiger partial charge in [-0.15, -0.1) is 0 Å². The van der Waals surface area contributed by atoms with Crippen molar-refractivity contribution in [3.8, 4) is 0 Å². The maximum absolute atomic E-state index is 12.2. The van der Waals surface area contributed by atoms with Crippen LogP contribution < -0.4 is 5.32 Å². The van der Waals surface area contributed by atoms with Crippen LogP contribution in [0.2, 0.25) is 0 Å². The van der Waals surface area contributed by atoms with Crippen LogP contribution in [0.4, 0.5) is 4.79 Å². The van der Waals surface area contributed by atoms with Crippen molar-refractivity contribution < 1.29 is 14.7 Å². The number of amides is 1. The van der Waals surface area contributed by atoms with E-state index in [1.807, 2.05) is 30.3 Å². The van der Waals surface area contributed by atoms with Crippen molar-refractivity contribution in [2.75, 3.05) is 0 Å². The Morgan fingerprint density at radius 1 is 1.22 bits per heavy atom. The van der Waals surface area contributed by atoms with Crippen LogP contribution in [0.5, 0.6) is 0 Å². The average Bonchev–Trinajstić information content (AvgIpc) is 2.26. The summed E-state index contributed by atoms with van der Waals surface area (Å²) in [4.78, 5) is 22.9. The molecule has 18 heavy (non-hydrogen) atoms. The van der Waals surface area contributed by atoms with Gasteiger partial charge in [-0.05, 0) is 12.0 Å². The number of benzene rings is 1. The minimum absolute atomic E-state index is 0.103. The van der Waals surface area contributed by atoms with Crippen LogP contribution in [0.25, 0.3) is 0 Å². The number of hydrogen-bond acceptors (Lipinski definition) is 2. The fourth-order valence-electron chi connectivity index (χ4n) is 1.73. The molecule has 0 saturated heterocycles. The van der Waals surface area contributed by atoms with Crippen molar-refractivity contribution in [1.82, 2.24) is 5.32 Å². The molecule has 0 fully saturated rings. The lowest BCUT2D eigenvalue weighted by Gasteiger charge is -2.24. The molecule has 0 aromatic heterocycles. The molecule has 98 valence electrons. The minimum atomic E-state index is -1.17. The lowest BCUT2D eigenvalue weighted by Crippen LogP contribution is -2.46. The standard InChI is InChI=1S/C14H19NO3/c1-14(2,3)12(16)11(15-13(17)18)9-10-7-5-4-6-8-10/h4-8,11,15H,9H2,1-3H3,(H,17,18). The summed E-state index contributed by atoms with van der Waals surface area (Å²) in [5, 5.41) is 11.1. The fourth-order valence-corrected chi connectivity index (χ4v) is 1.73. The molecule has 1 amide bonds. The van der Waals surface area contributed by atoms with Crippen molar-refractivity contribution in [2.24, 2.45) is 5.41 Å². The molecule has 1 aromatic carbocycles. The Kier molecular flexibility index (Phi) is 4.48. The van der Waals surface area contributed by atoms with Gasteiger partial charge < -0.3 is 10.4 Å². The van der Waals surface area contributed by atoms with E-state index in [9.17, 15) is 9.59 Å². The zero-order chi connectivity index (χ0) is 13.8. The van der Waals surface area contributed by atoms with Gasteiger partial charge in [-0.3, -0.25) is 4.79 Å². The third-order valence-corrected chi connectivity index (χ3v) is 2.64. The van der Waals surface area contributed by atoms with Crippen molar-refractivity contribution in [1.29, 1.82) is 0 Å². The van der Waals surface area contributed by atoms with E-state index in [2.05, 4.69) is 5.32 Å². The van der Waals surface area contributed by atoms with E-state index in [0.29, 0.717) is 6.42 Å². The number of nitrogens with one attached hydrogen (secondary N) is 1. The molecule has 0 spiro atoms. The Labute approximate surface area is 107 Å². The third kappa shape index (κ3) is 4.20. The molecule has 1 atom stereocenters. The van der Waals surface area contributed by atoms with E-state index in [1.165, 1.54) is 0 Å². The van der Waals surface area contributed by atoms with E-state index < -0.39 is 17.6 Å². The number of carboxylic acid groups (broad SMARTS) is 1. The Hall–Kier alpha value is -1.84. The first-order chi connectivity index (χ1) is 8.30. The third-order valence-electron chi connectivity index (χ3n) is 2.64. The fraction of sp³-hybridized carbons (Fsp3) is 0.429. The second-order valence-corrected chi connectivity index (χ2v) is 5.31. The molecule has 0 heterocycles. The molecule has 1 aromatic rings. The van der Waals surface area contributed by atoms with Crippen molar-refractivity contribution in [3.63, 3.8) is 0 Å². The molecule has 4 nitrogen and oxygen atoms in total. The molecule has 2 N–H and O–H groups in total. The van der Waals surface area contributed by atoms with Gasteiger partial charge in [-0.1, -0.05) is 51.1 Å². The maximum Gasteiger partial charge on any atom is 0.405 e. The number of hydrogen-bond donors (Lipinski definition) is 2. The van der Waals surface area contributed by atoms with Crippen LogP contribution in [0.1, 0.15) is 26.3 Å². The van der Waals surface area contributed by atoms with Crippen LogP contribution in [-0.4, -0.2) is 23.0 Å². The molecule has 1 rings (SSSR count). The van der Waals surface area contributed by atoms with Crippen molar-refractivity contribution in [2.45, 2.75) is 33.2 Å². The highest BCUT2D eigenvalue weighted by Crippen LogP contribution is 2.19. The highest BCUT2D eigenvalue weighted by Gasteiger charge is 2.30. The number of carbonyl (C=O) groups excluding carboxylic acids is 1. The van der Waals surface area contributed by atoms with Gasteiger partial charge >= 0.3 is 6.09 Å². The van der Waals surface area contributed by atoms with Gasteiger partial charge in [0.1, 0.15) is 0 Å². The first-order valence-corrected chi connectivity index (χ1v) is 5.88. The summed E-state index contributed by atoms with van der Waals surface area (Å²) < 4.78 is 0. The van der Waals surface area contributed by atoms with Crippen LogP contribution in [0.15, 0.2) is 30.3 Å². The largest absolute Gasteiger partial charge is 0.465 e. The number of rotatable bonds is 4. The lowest BCUT2D eigenvalue weighted by molar-refractivity contribution is -0.128. The highest BCUT2D eigenvalue weighted by molar-refractivity contribution is 5.91. The van der Waals surface area contributed by atoms with E-state index in [-0.39, 0.29) is 5.78 Å². The molecule has 0 aliphatic carbocycles. The Balaban J connectivity index is 2.86. The van der Waals surface area contributed by atoms with Gasteiger partial charge in [0.2, 0.25) is 0 Å². The second-order valence-electron chi connectivity index (χ2n) is 5.31. The van der Waals surface area contributed by atoms with Gasteiger partial charge in [0.05, 0.1) is 6.04 Å². The van der Waals surface area contributed by atoms with E-state index in [1.54, 1.807) is 20.8 Å². The Morgan fingerprint density at radius 3 is 2.22 bits per heavy atom. The predicted molar refractivity (Wildman–Crippen MR) is 69.6 cm³/mol. The quantitative estimate of drug-likeness (QED) is 0.861. The molecule has 0 radical (unpaired) electrons. The first kappa shape index (κ1) is 14.2. The summed E-state index contributed by atoms with van der Waals surface area (Å²) in [5.74, 6) is -0.103. The SMILES string of the molecule is CC(C)(C)C(=O)C(Cc1ccccc1)NC(=O)O. The first-order valence-electron chi connectivity index (χ1n) is 5.88. The minimum Gasteiger partial charge on any atom is -0.465 e. The van der Waals surface area contributed by atoms with Gasteiger partial charge in [0.25, 0.3) is 0 Å². The topological polar surface area (TPSA) is 66.4 Å². The van der Waals surface area contributed by atoms with E-state index in [4.69, 9.17) is 5.11 Å². The monoisotopic (exact) mass is 249 g/mol. The summed E-state index contributed by atoms with van der Waals surface area (Å²) in [6.07, 6.45) is -0.794. The highest BCUT2D eigenvalue weighted by atomic mass is 16.4. The normalized spacial score (nSPS) is 12.8. The summed E-state index contributed by atoms with van der Waals surface area (Å²) in [6, 6.07) is 8.68. The van der Waals surface area contributed by atoms with Gasteiger partial charge in [-0.2, -0.15) is 0 Å². The van der Waals surface area contributed by atoms with Gasteiger partial charge in [0.15, 0.2) is 5.78 Å².